The summed E-state index contributed by atoms with van der Waals surface area (Å²) in [5, 5.41) is 0. The van der Waals surface area contributed by atoms with Crippen LogP contribution in [0.5, 0.6) is 0 Å². The van der Waals surface area contributed by atoms with Crippen molar-refractivity contribution in [2.24, 2.45) is 23.7 Å². The maximum atomic E-state index is 13.5. The van der Waals surface area contributed by atoms with Crippen LogP contribution in [0.25, 0.3) is 5.69 Å². The van der Waals surface area contributed by atoms with Crippen molar-refractivity contribution in [3.63, 3.8) is 0 Å². The molecule has 2 saturated heterocycles. The largest absolute Gasteiger partial charge is 0.381 e. The molecule has 2 aromatic rings. The molecule has 0 N–H and O–H groups in total. The molecule has 0 radical (unpaired) electrons. The summed E-state index contributed by atoms with van der Waals surface area (Å²) in [5.74, 6) is 2.59. The predicted octanol–water partition coefficient (Wildman–Crippen LogP) is 3.62. The van der Waals surface area contributed by atoms with Crippen LogP contribution < -0.4 is 5.56 Å². The van der Waals surface area contributed by atoms with Crippen molar-refractivity contribution in [3.05, 3.63) is 63.6 Å². The lowest BCUT2D eigenvalue weighted by molar-refractivity contribution is 0.0771. The number of aryl methyl sites for hydroxylation is 1. The van der Waals surface area contributed by atoms with Crippen molar-refractivity contribution in [3.8, 4) is 5.69 Å². The van der Waals surface area contributed by atoms with Crippen LogP contribution in [0.1, 0.15) is 47.7 Å². The average Bonchev–Trinajstić information content (AvgIpc) is 3.40. The highest BCUT2D eigenvalue weighted by Crippen LogP contribution is 2.48. The van der Waals surface area contributed by atoms with Crippen LogP contribution in [-0.4, -0.2) is 41.7 Å². The fraction of sp³-hybridized carbons (Fsp3) is 0.520. The summed E-state index contributed by atoms with van der Waals surface area (Å²) in [6, 6.07) is 9.89. The lowest BCUT2D eigenvalue weighted by atomic mass is 9.91. The van der Waals surface area contributed by atoms with Crippen LogP contribution in [0.3, 0.4) is 0 Å². The highest BCUT2D eigenvalue weighted by Gasteiger charge is 2.51. The molecule has 0 spiro atoms. The molecule has 3 fully saturated rings. The van der Waals surface area contributed by atoms with Gasteiger partial charge < -0.3 is 9.64 Å². The lowest BCUT2D eigenvalue weighted by Crippen LogP contribution is -2.37. The predicted molar refractivity (Wildman–Crippen MR) is 116 cm³/mol. The van der Waals surface area contributed by atoms with Gasteiger partial charge in [0.15, 0.2) is 0 Å². The number of hydrogen-bond acceptors (Lipinski definition) is 3. The van der Waals surface area contributed by atoms with Crippen LogP contribution in [0.4, 0.5) is 0 Å². The fourth-order valence-electron chi connectivity index (χ4n) is 5.80. The van der Waals surface area contributed by atoms with E-state index in [0.29, 0.717) is 35.2 Å². The molecule has 1 aromatic carbocycles. The summed E-state index contributed by atoms with van der Waals surface area (Å²) in [5.41, 5.74) is 2.82. The van der Waals surface area contributed by atoms with Crippen LogP contribution in [0, 0.1) is 30.6 Å². The van der Waals surface area contributed by atoms with Crippen molar-refractivity contribution in [2.75, 3.05) is 26.3 Å². The third-order valence-electron chi connectivity index (χ3n) is 7.51. The van der Waals surface area contributed by atoms with Gasteiger partial charge in [-0.1, -0.05) is 26.0 Å². The second kappa shape index (κ2) is 7.38. The van der Waals surface area contributed by atoms with Gasteiger partial charge in [-0.2, -0.15) is 0 Å². The van der Waals surface area contributed by atoms with Crippen molar-refractivity contribution in [1.29, 1.82) is 0 Å². The van der Waals surface area contributed by atoms with E-state index in [-0.39, 0.29) is 11.5 Å². The van der Waals surface area contributed by atoms with E-state index in [2.05, 4.69) is 19.9 Å². The number of ether oxygens (including phenoxy) is 1. The van der Waals surface area contributed by atoms with Gasteiger partial charge in [0.1, 0.15) is 5.56 Å². The Morgan fingerprint density at radius 2 is 1.93 bits per heavy atom. The minimum atomic E-state index is -0.222. The normalized spacial score (nSPS) is 27.5. The minimum absolute atomic E-state index is 0.114. The summed E-state index contributed by atoms with van der Waals surface area (Å²) in [4.78, 5) is 28.8. The lowest BCUT2D eigenvalue weighted by Gasteiger charge is -2.21. The highest BCUT2D eigenvalue weighted by molar-refractivity contribution is 5.95. The number of carbonyl (C=O) groups excluding carboxylic acids is 1. The molecule has 2 aliphatic heterocycles. The Labute approximate surface area is 177 Å². The quantitative estimate of drug-likeness (QED) is 0.782. The smallest absolute Gasteiger partial charge is 0.268 e. The van der Waals surface area contributed by atoms with Gasteiger partial charge >= 0.3 is 0 Å². The first-order valence-electron chi connectivity index (χ1n) is 11.1. The molecular weight excluding hydrogens is 376 g/mol. The molecule has 1 aliphatic carbocycles. The molecule has 0 unspecified atom stereocenters. The van der Waals surface area contributed by atoms with Gasteiger partial charge in [-0.15, -0.1) is 0 Å². The zero-order valence-electron chi connectivity index (χ0n) is 18.0. The number of hydrogen-bond donors (Lipinski definition) is 0. The number of fused-ring (bicyclic) bond motifs is 3. The molecule has 5 heteroatoms. The molecule has 4 atom stereocenters. The zero-order chi connectivity index (χ0) is 21.0. The first-order valence-corrected chi connectivity index (χ1v) is 11.1. The molecule has 0 bridgehead atoms. The number of likely N-dealkylation sites (tertiary alicyclic amines) is 1. The van der Waals surface area contributed by atoms with E-state index >= 15 is 0 Å². The van der Waals surface area contributed by atoms with E-state index < -0.39 is 0 Å². The van der Waals surface area contributed by atoms with Gasteiger partial charge in [-0.3, -0.25) is 14.2 Å². The van der Waals surface area contributed by atoms with Crippen LogP contribution in [-0.2, 0) is 4.74 Å². The van der Waals surface area contributed by atoms with Crippen molar-refractivity contribution in [1.82, 2.24) is 9.47 Å². The van der Waals surface area contributed by atoms with Crippen LogP contribution in [0.15, 0.2) is 41.3 Å². The monoisotopic (exact) mass is 406 g/mol. The van der Waals surface area contributed by atoms with Crippen molar-refractivity contribution in [2.45, 2.75) is 33.1 Å². The summed E-state index contributed by atoms with van der Waals surface area (Å²) in [6.45, 7) is 9.37. The molecule has 3 aliphatic rings. The van der Waals surface area contributed by atoms with Crippen LogP contribution in [0.2, 0.25) is 0 Å². The van der Waals surface area contributed by atoms with E-state index in [4.69, 9.17) is 4.74 Å². The number of pyridine rings is 1. The first-order chi connectivity index (χ1) is 14.4. The molecule has 1 aromatic heterocycles. The van der Waals surface area contributed by atoms with Crippen molar-refractivity contribution < 1.29 is 9.53 Å². The third kappa shape index (κ3) is 3.11. The summed E-state index contributed by atoms with van der Waals surface area (Å²) < 4.78 is 7.29. The van der Waals surface area contributed by atoms with Gasteiger partial charge in [-0.25, -0.2) is 0 Å². The summed E-state index contributed by atoms with van der Waals surface area (Å²) in [7, 11) is 0. The SMILES string of the molecule is Cc1ccn(-c2cccc(C(C)C)c2)c(=O)c1C(=O)N1C[C@@H]2C[C@@H]3COC[C@@H]3[C@@H]2C1. The van der Waals surface area contributed by atoms with Gasteiger partial charge in [-0.05, 0) is 72.3 Å². The summed E-state index contributed by atoms with van der Waals surface area (Å²) in [6.07, 6.45) is 2.94. The Bertz CT molecular complexity index is 1040. The zero-order valence-corrected chi connectivity index (χ0v) is 18.0. The first kappa shape index (κ1) is 19.6. The minimum Gasteiger partial charge on any atom is -0.381 e. The Hall–Kier alpha value is -2.40. The molecule has 1 saturated carbocycles. The van der Waals surface area contributed by atoms with Gasteiger partial charge in [0.2, 0.25) is 0 Å². The third-order valence-corrected chi connectivity index (χ3v) is 7.51. The Morgan fingerprint density at radius 1 is 1.10 bits per heavy atom. The molecule has 5 rings (SSSR count). The van der Waals surface area contributed by atoms with Crippen LogP contribution >= 0.6 is 0 Å². The highest BCUT2D eigenvalue weighted by atomic mass is 16.5. The number of rotatable bonds is 3. The number of benzene rings is 1. The van der Waals surface area contributed by atoms with E-state index in [1.165, 1.54) is 5.56 Å². The standard InChI is InChI=1S/C25H30N2O3/c1-15(2)17-5-4-6-20(10-17)27-8-7-16(3)23(25(27)29)24(28)26-11-18-9-19-13-30-14-22(19)21(18)12-26/h4-8,10,15,18-19,21-22H,9,11-14H2,1-3H3/t18-,19+,21+,22-/m0/s1. The second-order valence-electron chi connectivity index (χ2n) is 9.63. The maximum Gasteiger partial charge on any atom is 0.268 e. The second-order valence-corrected chi connectivity index (χ2v) is 9.63. The molecule has 30 heavy (non-hydrogen) atoms. The molecule has 3 heterocycles. The topological polar surface area (TPSA) is 51.5 Å². The van der Waals surface area contributed by atoms with Gasteiger partial charge in [0.25, 0.3) is 11.5 Å². The molecule has 1 amide bonds. The Kier molecular flexibility index (Phi) is 4.81. The molecule has 158 valence electrons. The van der Waals surface area contributed by atoms with E-state index in [0.717, 1.165) is 44.0 Å². The number of carbonyl (C=O) groups is 1. The van der Waals surface area contributed by atoms with E-state index in [1.807, 2.05) is 36.1 Å². The fourth-order valence-corrected chi connectivity index (χ4v) is 5.80. The van der Waals surface area contributed by atoms with E-state index in [1.54, 1.807) is 10.8 Å². The average molecular weight is 407 g/mol. The summed E-state index contributed by atoms with van der Waals surface area (Å²) >= 11 is 0. The van der Waals surface area contributed by atoms with E-state index in [9.17, 15) is 9.59 Å². The molecular formula is C25H30N2O3. The maximum absolute atomic E-state index is 13.5. The van der Waals surface area contributed by atoms with Crippen molar-refractivity contribution >= 4 is 5.91 Å². The Morgan fingerprint density at radius 3 is 2.73 bits per heavy atom. The van der Waals surface area contributed by atoms with Gasteiger partial charge in [0, 0.05) is 31.6 Å². The Balaban J connectivity index is 1.45. The van der Waals surface area contributed by atoms with Gasteiger partial charge in [0.05, 0.1) is 6.61 Å². The number of aromatic nitrogens is 1. The number of nitrogens with zero attached hydrogens (tertiary/aromatic N) is 2. The molecule has 5 nitrogen and oxygen atoms in total. The number of amides is 1.